The number of carboxylic acid groups (broad SMARTS) is 1. The molecular weight excluding hydrogens is 1190 g/mol. The lowest BCUT2D eigenvalue weighted by molar-refractivity contribution is -0.870. The minimum Gasteiger partial charge on any atom is -0.545 e. The van der Waals surface area contributed by atoms with Crippen LogP contribution < -0.4 is 5.11 Å². The van der Waals surface area contributed by atoms with Gasteiger partial charge in [0.05, 0.1) is 40.3 Å². The van der Waals surface area contributed by atoms with Gasteiger partial charge >= 0.3 is 11.9 Å². The predicted molar refractivity (Wildman–Crippen MR) is 412 cm³/mol. The molecule has 0 amide bonds. The van der Waals surface area contributed by atoms with Crippen LogP contribution in [0.1, 0.15) is 393 Å². The average Bonchev–Trinajstić information content (AvgIpc) is 2.40. The molecule has 0 rings (SSSR count). The zero-order valence-corrected chi connectivity index (χ0v) is 64.0. The first-order chi connectivity index (χ1) is 47.1. The van der Waals surface area contributed by atoms with Crippen LogP contribution in [-0.2, 0) is 33.3 Å². The number of carbonyl (C=O) groups is 3. The van der Waals surface area contributed by atoms with Crippen LogP contribution >= 0.6 is 0 Å². The summed E-state index contributed by atoms with van der Waals surface area (Å²) in [5.41, 5.74) is 0. The summed E-state index contributed by atoms with van der Waals surface area (Å²) in [6.45, 7) is 4.69. The lowest BCUT2D eigenvalue weighted by Gasteiger charge is -2.26. The lowest BCUT2D eigenvalue weighted by atomic mass is 10.0. The van der Waals surface area contributed by atoms with Crippen molar-refractivity contribution < 1.29 is 42.9 Å². The van der Waals surface area contributed by atoms with Crippen LogP contribution in [0.2, 0.25) is 0 Å². The smallest absolute Gasteiger partial charge is 0.306 e. The van der Waals surface area contributed by atoms with E-state index in [9.17, 15) is 19.5 Å². The summed E-state index contributed by atoms with van der Waals surface area (Å²) >= 11 is 0. The maximum Gasteiger partial charge on any atom is 0.306 e. The number of carbonyl (C=O) groups excluding carboxylic acids is 3. The molecule has 0 N–H and O–H groups in total. The number of hydrogen-bond donors (Lipinski definition) is 0. The molecule has 0 saturated heterocycles. The van der Waals surface area contributed by atoms with E-state index in [0.29, 0.717) is 23.9 Å². The van der Waals surface area contributed by atoms with E-state index in [2.05, 4.69) is 98.9 Å². The van der Waals surface area contributed by atoms with E-state index in [1.807, 2.05) is 21.1 Å². The van der Waals surface area contributed by atoms with Gasteiger partial charge in [-0.2, -0.15) is 0 Å². The van der Waals surface area contributed by atoms with Gasteiger partial charge in [-0.05, 0) is 70.6 Å². The van der Waals surface area contributed by atoms with Crippen LogP contribution in [-0.4, -0.2) is 82.3 Å². The first-order valence-electron chi connectivity index (χ1n) is 41.2. The van der Waals surface area contributed by atoms with Crippen LogP contribution in [0.15, 0.2) is 85.1 Å². The van der Waals surface area contributed by atoms with Crippen LogP contribution in [0.25, 0.3) is 0 Å². The van der Waals surface area contributed by atoms with Gasteiger partial charge in [0.2, 0.25) is 0 Å². The number of allylic oxidation sites excluding steroid dienone is 14. The third-order valence-corrected chi connectivity index (χ3v) is 18.4. The number of hydrogen-bond acceptors (Lipinski definition) is 8. The van der Waals surface area contributed by atoms with Gasteiger partial charge in [-0.3, -0.25) is 9.59 Å². The molecule has 0 spiro atoms. The summed E-state index contributed by atoms with van der Waals surface area (Å²) in [5.74, 6) is -2.27. The molecule has 9 heteroatoms. The molecule has 0 saturated carbocycles. The first kappa shape index (κ1) is 92.5. The van der Waals surface area contributed by atoms with Gasteiger partial charge in [0.25, 0.3) is 0 Å². The van der Waals surface area contributed by atoms with Gasteiger partial charge in [-0.15, -0.1) is 0 Å². The Labute approximate surface area is 595 Å². The van der Waals surface area contributed by atoms with E-state index in [4.69, 9.17) is 18.9 Å². The van der Waals surface area contributed by atoms with E-state index in [-0.39, 0.29) is 32.2 Å². The highest BCUT2D eigenvalue weighted by Gasteiger charge is 2.22. The molecule has 0 fully saturated rings. The second-order valence-electron chi connectivity index (χ2n) is 29.0. The van der Waals surface area contributed by atoms with Gasteiger partial charge in [0.15, 0.2) is 12.4 Å². The Hall–Kier alpha value is -3.53. The van der Waals surface area contributed by atoms with Crippen LogP contribution in [0, 0.1) is 0 Å². The molecule has 2 atom stereocenters. The molecule has 0 aromatic rings. The Morgan fingerprint density at radius 2 is 0.594 bits per heavy atom. The molecule has 0 bridgehead atoms. The summed E-state index contributed by atoms with van der Waals surface area (Å²) in [6.07, 6.45) is 103. The number of quaternary nitrogens is 1. The SMILES string of the molecule is CC/C=C\C/C=C\C/C=C\C/C=C\C/C=C\C/C=C\C/C=C\CCCCCCCCCCCCCC(=O)OC(COC(=O)CCCCCCCCCCCCCCCCCCCCCCCCCCCCCCCCCCCCCCCC)COC(OCC[N+](C)(C)C)C(=O)[O-]. The van der Waals surface area contributed by atoms with Crippen molar-refractivity contribution in [2.45, 2.75) is 405 Å². The fourth-order valence-electron chi connectivity index (χ4n) is 12.2. The van der Waals surface area contributed by atoms with E-state index in [1.165, 1.54) is 270 Å². The van der Waals surface area contributed by atoms with Gasteiger partial charge in [-0.25, -0.2) is 0 Å². The van der Waals surface area contributed by atoms with Crippen molar-refractivity contribution in [3.63, 3.8) is 0 Å². The van der Waals surface area contributed by atoms with Gasteiger partial charge in [0, 0.05) is 12.8 Å². The Morgan fingerprint density at radius 3 is 0.885 bits per heavy atom. The van der Waals surface area contributed by atoms with Crippen molar-refractivity contribution in [3.05, 3.63) is 85.1 Å². The number of aliphatic carboxylic acids is 1. The van der Waals surface area contributed by atoms with Crippen LogP contribution in [0.3, 0.4) is 0 Å². The Bertz CT molecular complexity index is 1860. The van der Waals surface area contributed by atoms with Crippen LogP contribution in [0.4, 0.5) is 0 Å². The molecule has 0 heterocycles. The van der Waals surface area contributed by atoms with Crippen molar-refractivity contribution in [1.82, 2.24) is 0 Å². The summed E-state index contributed by atoms with van der Waals surface area (Å²) in [6, 6.07) is 0. The maximum absolute atomic E-state index is 13.0. The Kier molecular flexibility index (Phi) is 74.4. The number of ether oxygens (including phenoxy) is 4. The monoisotopic (exact) mass is 1340 g/mol. The van der Waals surface area contributed by atoms with E-state index in [0.717, 1.165) is 89.9 Å². The Balaban J connectivity index is 3.99. The third-order valence-electron chi connectivity index (χ3n) is 18.4. The second kappa shape index (κ2) is 77.2. The maximum atomic E-state index is 13.0. The molecule has 0 aromatic heterocycles. The fourth-order valence-corrected chi connectivity index (χ4v) is 12.2. The van der Waals surface area contributed by atoms with Crippen molar-refractivity contribution in [2.24, 2.45) is 0 Å². The van der Waals surface area contributed by atoms with Crippen molar-refractivity contribution in [3.8, 4) is 0 Å². The van der Waals surface area contributed by atoms with Crippen molar-refractivity contribution >= 4 is 17.9 Å². The molecule has 0 aliphatic heterocycles. The minimum absolute atomic E-state index is 0.146. The predicted octanol–water partition coefficient (Wildman–Crippen LogP) is 25.2. The average molecular weight is 1350 g/mol. The highest BCUT2D eigenvalue weighted by Crippen LogP contribution is 2.20. The number of rotatable bonds is 77. The minimum atomic E-state index is -1.63. The van der Waals surface area contributed by atoms with Crippen molar-refractivity contribution in [1.29, 1.82) is 0 Å². The highest BCUT2D eigenvalue weighted by atomic mass is 16.7. The number of nitrogens with zero attached hydrogens (tertiary/aromatic N) is 1. The largest absolute Gasteiger partial charge is 0.545 e. The highest BCUT2D eigenvalue weighted by molar-refractivity contribution is 5.70. The lowest BCUT2D eigenvalue weighted by Crippen LogP contribution is -2.44. The number of likely N-dealkylation sites (N-methyl/N-ethyl adjacent to an activating group) is 1. The molecule has 558 valence electrons. The molecule has 0 aliphatic carbocycles. The normalized spacial score (nSPS) is 13.1. The first-order valence-corrected chi connectivity index (χ1v) is 41.2. The molecule has 0 aliphatic rings. The summed E-state index contributed by atoms with van der Waals surface area (Å²) in [5, 5.41) is 11.9. The zero-order valence-electron chi connectivity index (χ0n) is 64.0. The summed E-state index contributed by atoms with van der Waals surface area (Å²) in [4.78, 5) is 37.6. The molecule has 96 heavy (non-hydrogen) atoms. The Morgan fingerprint density at radius 1 is 0.323 bits per heavy atom. The quantitative estimate of drug-likeness (QED) is 0.0195. The number of esters is 2. The number of carboxylic acids is 1. The van der Waals surface area contributed by atoms with E-state index < -0.39 is 24.3 Å². The standard InChI is InChI=1S/C87H157NO8/c1-6-8-10-12-14-16-18-20-22-24-26-28-30-32-34-36-38-40-41-42-43-44-46-47-49-51-53-55-57-59-61-63-65-67-69-71-73-75-77-84(89)94-81-83(82-95-87(86(91)92)93-80-79-88(3,4)5)96-85(90)78-76-74-72-70-68-66-64-62-60-58-56-54-52-50-48-45-39-37-35-33-31-29-27-25-23-21-19-17-15-13-11-9-7-2/h9,11,15,17,21,23,27,29,33,35,39,45,50,52,83,87H,6-8,10,12-14,16,18-20,22,24-26,28,30-32,34,36-38,40-44,46-49,51,53-82H2,1-5H3/b11-9-,17-15-,23-21-,29-27-,35-33-,45-39-,52-50-. The third kappa shape index (κ3) is 77.8. The van der Waals surface area contributed by atoms with Gasteiger partial charge in [-0.1, -0.05) is 394 Å². The zero-order chi connectivity index (χ0) is 69.7. The molecule has 0 aromatic carbocycles. The van der Waals surface area contributed by atoms with E-state index >= 15 is 0 Å². The molecule has 0 radical (unpaired) electrons. The summed E-state index contributed by atoms with van der Waals surface area (Å²) < 4.78 is 22.9. The second-order valence-corrected chi connectivity index (χ2v) is 29.0. The molecule has 9 nitrogen and oxygen atoms in total. The van der Waals surface area contributed by atoms with E-state index in [1.54, 1.807) is 0 Å². The van der Waals surface area contributed by atoms with Crippen molar-refractivity contribution in [2.75, 3.05) is 47.5 Å². The fraction of sp³-hybridized carbons (Fsp3) is 0.805. The summed E-state index contributed by atoms with van der Waals surface area (Å²) in [7, 11) is 5.94. The topological polar surface area (TPSA) is 111 Å². The molecular formula is C87H157NO8. The molecule has 2 unspecified atom stereocenters. The number of unbranched alkanes of at least 4 members (excludes halogenated alkanes) is 48. The van der Waals surface area contributed by atoms with Gasteiger partial charge < -0.3 is 33.3 Å². The van der Waals surface area contributed by atoms with Crippen LogP contribution in [0.5, 0.6) is 0 Å². The van der Waals surface area contributed by atoms with Gasteiger partial charge in [0.1, 0.15) is 13.2 Å².